The lowest BCUT2D eigenvalue weighted by Gasteiger charge is -2.19. The average molecular weight is 319 g/mol. The van der Waals surface area contributed by atoms with Gasteiger partial charge in [-0.3, -0.25) is 0 Å². The summed E-state index contributed by atoms with van der Waals surface area (Å²) in [4.78, 5) is 0. The Morgan fingerprint density at radius 2 is 1.18 bits per heavy atom. The zero-order chi connectivity index (χ0) is 15.9. The van der Waals surface area contributed by atoms with Crippen LogP contribution in [0.15, 0.2) is 48.5 Å². The summed E-state index contributed by atoms with van der Waals surface area (Å²) in [6.45, 7) is 1.25. The average Bonchev–Trinajstić information content (AvgIpc) is 2.55. The van der Waals surface area contributed by atoms with Gasteiger partial charge in [0.05, 0.1) is 25.2 Å². The molecule has 0 aliphatic carbocycles. The van der Waals surface area contributed by atoms with Crippen LogP contribution in [-0.4, -0.2) is 29.0 Å². The van der Waals surface area contributed by atoms with Gasteiger partial charge in [-0.25, -0.2) is 8.51 Å². The molecule has 0 amide bonds. The van der Waals surface area contributed by atoms with Gasteiger partial charge in [-0.05, 0) is 35.4 Å². The topological polar surface area (TPSA) is 38.8 Å². The number of hydrogen-bond donors (Lipinski definition) is 0. The van der Waals surface area contributed by atoms with Gasteiger partial charge in [-0.15, -0.1) is 0 Å². The first-order chi connectivity index (χ1) is 10.6. The Balaban J connectivity index is 2.06. The predicted molar refractivity (Wildman–Crippen MR) is 89.3 cm³/mol. The van der Waals surface area contributed by atoms with Gasteiger partial charge in [0.2, 0.25) is 0 Å². The molecule has 22 heavy (non-hydrogen) atoms. The van der Waals surface area contributed by atoms with Gasteiger partial charge in [0, 0.05) is 19.3 Å². The van der Waals surface area contributed by atoms with Crippen LogP contribution in [0.2, 0.25) is 0 Å². The largest absolute Gasteiger partial charge is 0.497 e. The molecule has 0 N–H and O–H groups in total. The van der Waals surface area contributed by atoms with Gasteiger partial charge in [0.15, 0.2) is 0 Å². The normalized spacial score (nSPS) is 12.2. The number of benzene rings is 2. The molecule has 4 nitrogen and oxygen atoms in total. The van der Waals surface area contributed by atoms with E-state index in [4.69, 9.17) is 9.47 Å². The van der Waals surface area contributed by atoms with E-state index in [1.54, 1.807) is 20.5 Å². The summed E-state index contributed by atoms with van der Waals surface area (Å²) in [6.07, 6.45) is 1.70. The van der Waals surface area contributed by atoms with E-state index in [2.05, 4.69) is 0 Å². The van der Waals surface area contributed by atoms with Crippen molar-refractivity contribution in [2.24, 2.45) is 0 Å². The molecule has 0 spiro atoms. The molecule has 2 aromatic carbocycles. The summed E-state index contributed by atoms with van der Waals surface area (Å²) < 4.78 is 24.2. The second kappa shape index (κ2) is 7.96. The molecule has 1 unspecified atom stereocenters. The van der Waals surface area contributed by atoms with Crippen LogP contribution in [0.1, 0.15) is 11.1 Å². The fourth-order valence-corrected chi connectivity index (χ4v) is 2.77. The van der Waals surface area contributed by atoms with Gasteiger partial charge in [-0.2, -0.15) is 0 Å². The molecule has 0 saturated carbocycles. The highest BCUT2D eigenvalue weighted by atomic mass is 32.2. The van der Waals surface area contributed by atoms with Gasteiger partial charge >= 0.3 is 0 Å². The first-order valence-corrected chi connectivity index (χ1v) is 8.48. The maximum absolute atomic E-state index is 12.0. The van der Waals surface area contributed by atoms with Crippen LogP contribution in [-0.2, 0) is 24.1 Å². The molecule has 0 radical (unpaired) electrons. The van der Waals surface area contributed by atoms with Crippen molar-refractivity contribution in [3.8, 4) is 11.5 Å². The Hall–Kier alpha value is -1.85. The van der Waals surface area contributed by atoms with E-state index in [1.165, 1.54) is 0 Å². The zero-order valence-electron chi connectivity index (χ0n) is 13.1. The second-order valence-corrected chi connectivity index (χ2v) is 6.28. The van der Waals surface area contributed by atoms with E-state index in [9.17, 15) is 4.21 Å². The minimum atomic E-state index is -1.05. The Bertz CT molecular complexity index is 561. The molecule has 2 aromatic rings. The van der Waals surface area contributed by atoms with Crippen molar-refractivity contribution in [1.29, 1.82) is 0 Å². The molecule has 0 aromatic heterocycles. The Morgan fingerprint density at radius 1 is 0.818 bits per heavy atom. The maximum atomic E-state index is 12.0. The summed E-state index contributed by atoms with van der Waals surface area (Å²) in [5.41, 5.74) is 2.20. The van der Waals surface area contributed by atoms with Gasteiger partial charge < -0.3 is 9.47 Å². The van der Waals surface area contributed by atoms with E-state index in [1.807, 2.05) is 52.8 Å². The van der Waals surface area contributed by atoms with Crippen LogP contribution in [0.4, 0.5) is 0 Å². The lowest BCUT2D eigenvalue weighted by atomic mass is 10.2. The van der Waals surface area contributed by atoms with Crippen molar-refractivity contribution < 1.29 is 13.7 Å². The molecule has 5 heteroatoms. The standard InChI is InChI=1S/C17H21NO3S/c1-20-16-8-4-14(5-9-16)12-18(22(3)19)13-15-6-10-17(21-2)11-7-15/h4-11H,12-13H2,1-3H3. The van der Waals surface area contributed by atoms with Crippen molar-refractivity contribution in [2.45, 2.75) is 13.1 Å². The third kappa shape index (κ3) is 4.58. The van der Waals surface area contributed by atoms with Gasteiger partial charge in [-0.1, -0.05) is 24.3 Å². The summed E-state index contributed by atoms with van der Waals surface area (Å²) in [5.74, 6) is 1.64. The summed E-state index contributed by atoms with van der Waals surface area (Å²) in [7, 11) is 2.24. The minimum absolute atomic E-state index is 0.624. The Morgan fingerprint density at radius 3 is 1.45 bits per heavy atom. The highest BCUT2D eigenvalue weighted by Gasteiger charge is 2.11. The zero-order valence-corrected chi connectivity index (χ0v) is 13.9. The lowest BCUT2D eigenvalue weighted by molar-refractivity contribution is 0.412. The van der Waals surface area contributed by atoms with Crippen molar-refractivity contribution in [2.75, 3.05) is 20.5 Å². The molecule has 118 valence electrons. The van der Waals surface area contributed by atoms with Gasteiger partial charge in [0.25, 0.3) is 0 Å². The molecule has 0 bridgehead atoms. The van der Waals surface area contributed by atoms with Crippen molar-refractivity contribution >= 4 is 11.0 Å². The third-order valence-electron chi connectivity index (χ3n) is 3.40. The molecule has 0 saturated heterocycles. The van der Waals surface area contributed by atoms with Crippen LogP contribution < -0.4 is 9.47 Å². The Kier molecular flexibility index (Phi) is 5.98. The molecule has 0 aliphatic rings. The van der Waals surface area contributed by atoms with E-state index >= 15 is 0 Å². The number of nitrogens with zero attached hydrogens (tertiary/aromatic N) is 1. The van der Waals surface area contributed by atoms with Gasteiger partial charge in [0.1, 0.15) is 11.5 Å². The Labute approximate surface area is 134 Å². The molecule has 0 heterocycles. The molecular weight excluding hydrogens is 298 g/mol. The highest BCUT2D eigenvalue weighted by molar-refractivity contribution is 7.81. The van der Waals surface area contributed by atoms with E-state index < -0.39 is 11.0 Å². The van der Waals surface area contributed by atoms with Crippen molar-refractivity contribution in [3.63, 3.8) is 0 Å². The second-order valence-electron chi connectivity index (χ2n) is 4.92. The number of hydrogen-bond acceptors (Lipinski definition) is 3. The molecular formula is C17H21NO3S. The first-order valence-electron chi connectivity index (χ1n) is 6.96. The lowest BCUT2D eigenvalue weighted by Crippen LogP contribution is -2.24. The monoisotopic (exact) mass is 319 g/mol. The van der Waals surface area contributed by atoms with Crippen LogP contribution >= 0.6 is 0 Å². The van der Waals surface area contributed by atoms with E-state index in [0.717, 1.165) is 22.6 Å². The quantitative estimate of drug-likeness (QED) is 0.787. The predicted octanol–water partition coefficient (Wildman–Crippen LogP) is 3.00. The van der Waals surface area contributed by atoms with Crippen LogP contribution in [0.5, 0.6) is 11.5 Å². The minimum Gasteiger partial charge on any atom is -0.497 e. The van der Waals surface area contributed by atoms with Crippen LogP contribution in [0.25, 0.3) is 0 Å². The summed E-state index contributed by atoms with van der Waals surface area (Å²) in [6, 6.07) is 15.6. The number of methoxy groups -OCH3 is 2. The molecule has 0 aliphatic heterocycles. The molecule has 2 rings (SSSR count). The summed E-state index contributed by atoms with van der Waals surface area (Å²) in [5, 5.41) is 0. The van der Waals surface area contributed by atoms with Crippen molar-refractivity contribution in [1.82, 2.24) is 4.31 Å². The van der Waals surface area contributed by atoms with E-state index in [-0.39, 0.29) is 0 Å². The van der Waals surface area contributed by atoms with Crippen LogP contribution in [0.3, 0.4) is 0 Å². The molecule has 1 atom stereocenters. The third-order valence-corrected chi connectivity index (χ3v) is 4.38. The smallest absolute Gasteiger partial charge is 0.118 e. The van der Waals surface area contributed by atoms with Crippen molar-refractivity contribution in [3.05, 3.63) is 59.7 Å². The van der Waals surface area contributed by atoms with Crippen LogP contribution in [0, 0.1) is 0 Å². The first kappa shape index (κ1) is 16.5. The summed E-state index contributed by atoms with van der Waals surface area (Å²) >= 11 is 0. The highest BCUT2D eigenvalue weighted by Crippen LogP contribution is 2.17. The SMILES string of the molecule is COc1ccc(CN(Cc2ccc(OC)cc2)S(C)=O)cc1. The fourth-order valence-electron chi connectivity index (χ4n) is 2.11. The fraction of sp³-hybridized carbons (Fsp3) is 0.294. The van der Waals surface area contributed by atoms with E-state index in [0.29, 0.717) is 13.1 Å². The molecule has 0 fully saturated rings. The number of ether oxygens (including phenoxy) is 2. The number of rotatable bonds is 7. The maximum Gasteiger partial charge on any atom is 0.118 e.